The summed E-state index contributed by atoms with van der Waals surface area (Å²) in [7, 11) is 0. The van der Waals surface area contributed by atoms with Gasteiger partial charge in [0.2, 0.25) is 0 Å². The van der Waals surface area contributed by atoms with E-state index in [1.165, 1.54) is 30.3 Å². The highest BCUT2D eigenvalue weighted by Crippen LogP contribution is 2.23. The number of H-pyrrole nitrogens is 1. The number of hydrogen-bond donors (Lipinski definition) is 2. The Morgan fingerprint density at radius 3 is 2.33 bits per heavy atom. The van der Waals surface area contributed by atoms with Gasteiger partial charge in [-0.1, -0.05) is 6.07 Å². The lowest BCUT2D eigenvalue weighted by Crippen LogP contribution is -2.28. The summed E-state index contributed by atoms with van der Waals surface area (Å²) in [5.74, 6) is -0.799. The highest BCUT2D eigenvalue weighted by atomic mass is 19.4. The Labute approximate surface area is 131 Å². The average molecular weight is 338 g/mol. The van der Waals surface area contributed by atoms with Crippen LogP contribution in [0.25, 0.3) is 16.5 Å². The number of nitrogens with zero attached hydrogens (tertiary/aromatic N) is 1. The zero-order chi connectivity index (χ0) is 17.5. The van der Waals surface area contributed by atoms with E-state index in [-0.39, 0.29) is 22.2 Å². The van der Waals surface area contributed by atoms with Gasteiger partial charge in [0.1, 0.15) is 11.5 Å². The molecule has 2 aromatic carbocycles. The Kier molecular flexibility index (Phi) is 3.55. The van der Waals surface area contributed by atoms with Crippen LogP contribution in [-0.4, -0.2) is 21.2 Å². The number of alkyl halides is 3. The molecule has 0 unspecified atom stereocenters. The quantitative estimate of drug-likeness (QED) is 0.751. The maximum atomic E-state index is 12.4. The monoisotopic (exact) mass is 338 g/mol. The minimum Gasteiger partial charge on any atom is -0.507 e. The molecule has 0 amide bonds. The zero-order valence-electron chi connectivity index (χ0n) is 11.8. The molecule has 9 heteroatoms. The van der Waals surface area contributed by atoms with Gasteiger partial charge in [-0.05, 0) is 36.4 Å². The lowest BCUT2D eigenvalue weighted by atomic mass is 10.2. The molecule has 124 valence electrons. The van der Waals surface area contributed by atoms with Crippen LogP contribution in [0.5, 0.6) is 11.5 Å². The van der Waals surface area contributed by atoms with Crippen molar-refractivity contribution in [3.8, 4) is 17.2 Å². The fourth-order valence-corrected chi connectivity index (χ4v) is 2.26. The van der Waals surface area contributed by atoms with Gasteiger partial charge < -0.3 is 9.84 Å². The third-order valence-electron chi connectivity index (χ3n) is 3.24. The summed E-state index contributed by atoms with van der Waals surface area (Å²) >= 11 is 0. The molecule has 3 aromatic rings. The molecule has 6 nitrogen and oxygen atoms in total. The van der Waals surface area contributed by atoms with Crippen LogP contribution >= 0.6 is 0 Å². The maximum absolute atomic E-state index is 12.4. The summed E-state index contributed by atoms with van der Waals surface area (Å²) in [5.41, 5.74) is -1.21. The molecule has 0 saturated carbocycles. The summed E-state index contributed by atoms with van der Waals surface area (Å²) in [6, 6.07) is 8.44. The molecule has 24 heavy (non-hydrogen) atoms. The lowest BCUT2D eigenvalue weighted by Gasteiger charge is -2.11. The maximum Gasteiger partial charge on any atom is 0.573 e. The Morgan fingerprint density at radius 1 is 1.04 bits per heavy atom. The van der Waals surface area contributed by atoms with Gasteiger partial charge in [-0.3, -0.25) is 14.7 Å². The Bertz CT molecular complexity index is 1020. The molecule has 0 aliphatic carbocycles. The molecule has 1 heterocycles. The van der Waals surface area contributed by atoms with Gasteiger partial charge in [0.25, 0.3) is 11.1 Å². The predicted octanol–water partition coefficient (Wildman–Crippen LogP) is 2.28. The molecule has 0 atom stereocenters. The van der Waals surface area contributed by atoms with E-state index in [2.05, 4.69) is 9.84 Å². The van der Waals surface area contributed by atoms with E-state index in [1.54, 1.807) is 0 Å². The van der Waals surface area contributed by atoms with Crippen molar-refractivity contribution >= 4 is 10.8 Å². The van der Waals surface area contributed by atoms with Crippen LogP contribution in [0.3, 0.4) is 0 Å². The Morgan fingerprint density at radius 2 is 1.71 bits per heavy atom. The van der Waals surface area contributed by atoms with Crippen molar-refractivity contribution in [1.29, 1.82) is 0 Å². The van der Waals surface area contributed by atoms with Gasteiger partial charge in [-0.15, -0.1) is 13.2 Å². The number of hydrogen-bond acceptors (Lipinski definition) is 4. The Hall–Kier alpha value is -3.23. The molecule has 0 aliphatic rings. The molecule has 0 saturated heterocycles. The van der Waals surface area contributed by atoms with Crippen molar-refractivity contribution in [3.63, 3.8) is 0 Å². The first-order valence-electron chi connectivity index (χ1n) is 6.59. The highest BCUT2D eigenvalue weighted by molar-refractivity contribution is 5.86. The van der Waals surface area contributed by atoms with E-state index in [0.717, 1.165) is 16.8 Å². The van der Waals surface area contributed by atoms with Crippen LogP contribution in [0.15, 0.2) is 52.1 Å². The molecule has 0 fully saturated rings. The normalized spacial score (nSPS) is 11.6. The van der Waals surface area contributed by atoms with Gasteiger partial charge >= 0.3 is 6.36 Å². The molecule has 0 radical (unpaired) electrons. The van der Waals surface area contributed by atoms with Gasteiger partial charge in [0.15, 0.2) is 0 Å². The van der Waals surface area contributed by atoms with Crippen molar-refractivity contribution in [2.75, 3.05) is 0 Å². The SMILES string of the molecule is O=c1[nH]n(-c2ccc(OC(F)(F)F)cc2)c(=O)c2cccc(O)c12. The predicted molar refractivity (Wildman–Crippen MR) is 78.5 cm³/mol. The molecule has 0 bridgehead atoms. The first kappa shape index (κ1) is 15.7. The van der Waals surface area contributed by atoms with Gasteiger partial charge in [0, 0.05) is 0 Å². The van der Waals surface area contributed by atoms with E-state index in [1.807, 2.05) is 0 Å². The number of nitrogens with one attached hydrogen (secondary N) is 1. The molecule has 3 rings (SSSR count). The van der Waals surface area contributed by atoms with E-state index < -0.39 is 23.2 Å². The minimum absolute atomic E-state index is 0.0191. The molecule has 1 aromatic heterocycles. The van der Waals surface area contributed by atoms with Crippen LogP contribution in [0.1, 0.15) is 0 Å². The van der Waals surface area contributed by atoms with Crippen molar-refractivity contribution in [1.82, 2.24) is 9.78 Å². The summed E-state index contributed by atoms with van der Waals surface area (Å²) in [5, 5.41) is 11.8. The van der Waals surface area contributed by atoms with Gasteiger partial charge in [0.05, 0.1) is 16.5 Å². The van der Waals surface area contributed by atoms with E-state index in [4.69, 9.17) is 0 Å². The highest BCUT2D eigenvalue weighted by Gasteiger charge is 2.31. The molecule has 0 spiro atoms. The van der Waals surface area contributed by atoms with Crippen LogP contribution in [0.4, 0.5) is 13.2 Å². The second kappa shape index (κ2) is 5.44. The van der Waals surface area contributed by atoms with Crippen LogP contribution in [0, 0.1) is 0 Å². The number of ether oxygens (including phenoxy) is 1. The van der Waals surface area contributed by atoms with Crippen LogP contribution in [0.2, 0.25) is 0 Å². The number of aromatic nitrogens is 2. The second-order valence-electron chi connectivity index (χ2n) is 4.82. The summed E-state index contributed by atoms with van der Waals surface area (Å²) < 4.78 is 41.1. The number of aromatic hydroxyl groups is 1. The summed E-state index contributed by atoms with van der Waals surface area (Å²) in [6.07, 6.45) is -4.83. The first-order chi connectivity index (χ1) is 11.3. The lowest BCUT2D eigenvalue weighted by molar-refractivity contribution is -0.274. The molecule has 2 N–H and O–H groups in total. The Balaban J connectivity index is 2.12. The fourth-order valence-electron chi connectivity index (χ4n) is 2.26. The van der Waals surface area contributed by atoms with Gasteiger partial charge in [-0.25, -0.2) is 4.68 Å². The molecular weight excluding hydrogens is 329 g/mol. The minimum atomic E-state index is -4.83. The number of aromatic amines is 1. The number of phenolic OH excluding ortho intramolecular Hbond substituents is 1. The fraction of sp³-hybridized carbons (Fsp3) is 0.0667. The third-order valence-corrected chi connectivity index (χ3v) is 3.24. The van der Waals surface area contributed by atoms with Gasteiger partial charge in [-0.2, -0.15) is 0 Å². The summed E-state index contributed by atoms with van der Waals surface area (Å²) in [6.45, 7) is 0. The number of halogens is 3. The average Bonchev–Trinajstić information content (AvgIpc) is 2.50. The number of fused-ring (bicyclic) bond motifs is 1. The van der Waals surface area contributed by atoms with Crippen LogP contribution < -0.4 is 15.9 Å². The summed E-state index contributed by atoms with van der Waals surface area (Å²) in [4.78, 5) is 24.5. The van der Waals surface area contributed by atoms with E-state index in [9.17, 15) is 27.9 Å². The second-order valence-corrected chi connectivity index (χ2v) is 4.82. The smallest absolute Gasteiger partial charge is 0.507 e. The van der Waals surface area contributed by atoms with E-state index >= 15 is 0 Å². The zero-order valence-corrected chi connectivity index (χ0v) is 11.8. The standard InChI is InChI=1S/C15H9F3N2O4/c16-15(17,18)24-9-6-4-8(5-7-9)20-14(23)10-2-1-3-11(21)12(10)13(22)19-20/h1-7,21H,(H,19,22). The van der Waals surface area contributed by atoms with Crippen molar-refractivity contribution in [2.24, 2.45) is 0 Å². The number of phenols is 1. The van der Waals surface area contributed by atoms with Crippen molar-refractivity contribution in [2.45, 2.75) is 6.36 Å². The number of benzene rings is 2. The topological polar surface area (TPSA) is 84.3 Å². The molecule has 0 aliphatic heterocycles. The largest absolute Gasteiger partial charge is 0.573 e. The third kappa shape index (κ3) is 2.83. The van der Waals surface area contributed by atoms with Crippen molar-refractivity contribution < 1.29 is 23.0 Å². The van der Waals surface area contributed by atoms with E-state index in [0.29, 0.717) is 0 Å². The molecular formula is C15H9F3N2O4. The van der Waals surface area contributed by atoms with Crippen LogP contribution in [-0.2, 0) is 0 Å². The number of rotatable bonds is 2. The first-order valence-corrected chi connectivity index (χ1v) is 6.59. The van der Waals surface area contributed by atoms with Crippen molar-refractivity contribution in [3.05, 3.63) is 63.2 Å².